The minimum Gasteiger partial charge on any atom is -0.497 e. The Labute approximate surface area is 149 Å². The monoisotopic (exact) mass is 390 g/mol. The molecule has 0 radical (unpaired) electrons. The SMILES string of the molecule is COc1ccc(CNC(=O)CNC(=O)Cc2ccccc2Br)cc1. The van der Waals surface area contributed by atoms with E-state index in [-0.39, 0.29) is 24.8 Å². The van der Waals surface area contributed by atoms with Crippen molar-refractivity contribution < 1.29 is 14.3 Å². The number of hydrogen-bond acceptors (Lipinski definition) is 3. The lowest BCUT2D eigenvalue weighted by Crippen LogP contribution is -2.37. The highest BCUT2D eigenvalue weighted by molar-refractivity contribution is 9.10. The molecule has 0 spiro atoms. The first-order valence-corrected chi connectivity index (χ1v) is 8.27. The van der Waals surface area contributed by atoms with Crippen molar-refractivity contribution in [3.63, 3.8) is 0 Å². The second-order valence-corrected chi connectivity index (χ2v) is 6.02. The Morgan fingerprint density at radius 2 is 1.71 bits per heavy atom. The van der Waals surface area contributed by atoms with Gasteiger partial charge in [0.25, 0.3) is 0 Å². The Morgan fingerprint density at radius 3 is 2.38 bits per heavy atom. The molecule has 0 aliphatic heterocycles. The summed E-state index contributed by atoms with van der Waals surface area (Å²) in [6.45, 7) is 0.363. The van der Waals surface area contributed by atoms with Crippen LogP contribution in [0.5, 0.6) is 5.75 Å². The summed E-state index contributed by atoms with van der Waals surface area (Å²) in [5, 5.41) is 5.38. The predicted octanol–water partition coefficient (Wildman–Crippen LogP) is 2.43. The molecule has 0 atom stereocenters. The number of hydrogen-bond donors (Lipinski definition) is 2. The van der Waals surface area contributed by atoms with Gasteiger partial charge in [-0.05, 0) is 29.3 Å². The first kappa shape index (κ1) is 18.0. The molecule has 5 nitrogen and oxygen atoms in total. The lowest BCUT2D eigenvalue weighted by atomic mass is 10.1. The van der Waals surface area contributed by atoms with Crippen LogP contribution in [0.15, 0.2) is 53.0 Å². The van der Waals surface area contributed by atoms with Crippen molar-refractivity contribution in [2.24, 2.45) is 0 Å². The van der Waals surface area contributed by atoms with Gasteiger partial charge in [-0.3, -0.25) is 9.59 Å². The zero-order valence-electron chi connectivity index (χ0n) is 13.3. The van der Waals surface area contributed by atoms with Gasteiger partial charge < -0.3 is 15.4 Å². The average Bonchev–Trinajstić information content (AvgIpc) is 2.60. The second-order valence-electron chi connectivity index (χ2n) is 5.17. The molecule has 24 heavy (non-hydrogen) atoms. The summed E-state index contributed by atoms with van der Waals surface area (Å²) in [5.74, 6) is 0.345. The number of carbonyl (C=O) groups is 2. The molecule has 2 aromatic carbocycles. The van der Waals surface area contributed by atoms with Crippen LogP contribution in [-0.2, 0) is 22.6 Å². The largest absolute Gasteiger partial charge is 0.497 e. The minimum absolute atomic E-state index is 0.0422. The molecule has 0 unspecified atom stereocenters. The number of benzene rings is 2. The number of carbonyl (C=O) groups excluding carboxylic acids is 2. The van der Waals surface area contributed by atoms with Crippen molar-refractivity contribution in [3.8, 4) is 5.75 Å². The third kappa shape index (κ3) is 5.70. The van der Waals surface area contributed by atoms with Gasteiger partial charge in [-0.1, -0.05) is 46.3 Å². The van der Waals surface area contributed by atoms with E-state index in [1.807, 2.05) is 48.5 Å². The lowest BCUT2D eigenvalue weighted by Gasteiger charge is -2.08. The van der Waals surface area contributed by atoms with E-state index in [9.17, 15) is 9.59 Å². The van der Waals surface area contributed by atoms with E-state index >= 15 is 0 Å². The maximum atomic E-state index is 11.9. The molecule has 2 amide bonds. The summed E-state index contributed by atoms with van der Waals surface area (Å²) >= 11 is 3.40. The van der Waals surface area contributed by atoms with Crippen molar-refractivity contribution in [1.29, 1.82) is 0 Å². The van der Waals surface area contributed by atoms with Gasteiger partial charge in [-0.25, -0.2) is 0 Å². The number of halogens is 1. The van der Waals surface area contributed by atoms with Crippen LogP contribution in [0.1, 0.15) is 11.1 Å². The zero-order valence-corrected chi connectivity index (χ0v) is 14.9. The number of nitrogens with one attached hydrogen (secondary N) is 2. The van der Waals surface area contributed by atoms with E-state index in [1.54, 1.807) is 7.11 Å². The molecule has 2 aromatic rings. The molecule has 2 rings (SSSR count). The third-order valence-corrected chi connectivity index (χ3v) is 4.18. The first-order valence-electron chi connectivity index (χ1n) is 7.48. The Bertz CT molecular complexity index is 702. The Hall–Kier alpha value is -2.34. The maximum absolute atomic E-state index is 11.9. The molecule has 0 saturated heterocycles. The van der Waals surface area contributed by atoms with Gasteiger partial charge >= 0.3 is 0 Å². The molecule has 6 heteroatoms. The fraction of sp³-hybridized carbons (Fsp3) is 0.222. The third-order valence-electron chi connectivity index (χ3n) is 3.40. The number of rotatable bonds is 7. The molecule has 126 valence electrons. The van der Waals surface area contributed by atoms with E-state index < -0.39 is 0 Å². The summed E-state index contributed by atoms with van der Waals surface area (Å²) in [5.41, 5.74) is 1.84. The van der Waals surface area contributed by atoms with Crippen molar-refractivity contribution in [2.45, 2.75) is 13.0 Å². The second kappa shape index (κ2) is 9.08. The van der Waals surface area contributed by atoms with Crippen molar-refractivity contribution in [3.05, 3.63) is 64.1 Å². The molecule has 2 N–H and O–H groups in total. The molecule has 0 fully saturated rings. The summed E-state index contributed by atoms with van der Waals surface area (Å²) in [6.07, 6.45) is 0.229. The van der Waals surface area contributed by atoms with Crippen LogP contribution in [-0.4, -0.2) is 25.5 Å². The van der Waals surface area contributed by atoms with E-state index in [2.05, 4.69) is 26.6 Å². The molecular formula is C18H19BrN2O3. The Balaban J connectivity index is 1.72. The van der Waals surface area contributed by atoms with Gasteiger partial charge in [0.2, 0.25) is 11.8 Å². The molecule has 0 heterocycles. The normalized spacial score (nSPS) is 10.1. The van der Waals surface area contributed by atoms with Gasteiger partial charge in [0.15, 0.2) is 0 Å². The van der Waals surface area contributed by atoms with E-state index in [1.165, 1.54) is 0 Å². The van der Waals surface area contributed by atoms with Crippen molar-refractivity contribution >= 4 is 27.7 Å². The van der Waals surface area contributed by atoms with Crippen LogP contribution in [0, 0.1) is 0 Å². The number of ether oxygens (including phenoxy) is 1. The fourth-order valence-corrected chi connectivity index (χ4v) is 2.49. The van der Waals surface area contributed by atoms with Crippen molar-refractivity contribution in [1.82, 2.24) is 10.6 Å². The Morgan fingerprint density at radius 1 is 1.00 bits per heavy atom. The number of methoxy groups -OCH3 is 1. The van der Waals surface area contributed by atoms with E-state index in [4.69, 9.17) is 4.74 Å². The molecule has 0 saturated carbocycles. The summed E-state index contributed by atoms with van der Waals surface area (Å²) in [6, 6.07) is 14.9. The highest BCUT2D eigenvalue weighted by Crippen LogP contribution is 2.16. The number of amides is 2. The van der Waals surface area contributed by atoms with Crippen LogP contribution in [0.2, 0.25) is 0 Å². The van der Waals surface area contributed by atoms with E-state index in [0.29, 0.717) is 6.54 Å². The highest BCUT2D eigenvalue weighted by Gasteiger charge is 2.08. The van der Waals surface area contributed by atoms with Crippen LogP contribution < -0.4 is 15.4 Å². The molecule has 0 aromatic heterocycles. The quantitative estimate of drug-likeness (QED) is 0.762. The van der Waals surface area contributed by atoms with Gasteiger partial charge in [0, 0.05) is 11.0 Å². The Kier molecular flexibility index (Phi) is 6.81. The van der Waals surface area contributed by atoms with Crippen LogP contribution >= 0.6 is 15.9 Å². The fourth-order valence-electron chi connectivity index (χ4n) is 2.06. The van der Waals surface area contributed by atoms with Gasteiger partial charge in [0.05, 0.1) is 20.1 Å². The average molecular weight is 391 g/mol. The molecule has 0 bridgehead atoms. The summed E-state index contributed by atoms with van der Waals surface area (Å²) < 4.78 is 5.96. The van der Waals surface area contributed by atoms with Crippen LogP contribution in [0.25, 0.3) is 0 Å². The standard InChI is InChI=1S/C18H19BrN2O3/c1-24-15-8-6-13(7-9-15)11-20-18(23)12-21-17(22)10-14-4-2-3-5-16(14)19/h2-9H,10-12H2,1H3,(H,20,23)(H,21,22). The zero-order chi connectivity index (χ0) is 17.4. The van der Waals surface area contributed by atoms with E-state index in [0.717, 1.165) is 21.3 Å². The molecular weight excluding hydrogens is 372 g/mol. The molecule has 0 aliphatic rings. The predicted molar refractivity (Wildman–Crippen MR) is 95.7 cm³/mol. The topological polar surface area (TPSA) is 67.4 Å². The van der Waals surface area contributed by atoms with Gasteiger partial charge in [-0.2, -0.15) is 0 Å². The maximum Gasteiger partial charge on any atom is 0.239 e. The first-order chi connectivity index (χ1) is 11.6. The highest BCUT2D eigenvalue weighted by atomic mass is 79.9. The summed E-state index contributed by atoms with van der Waals surface area (Å²) in [4.78, 5) is 23.7. The van der Waals surface area contributed by atoms with Gasteiger partial charge in [-0.15, -0.1) is 0 Å². The smallest absolute Gasteiger partial charge is 0.239 e. The van der Waals surface area contributed by atoms with Crippen LogP contribution in [0.3, 0.4) is 0 Å². The van der Waals surface area contributed by atoms with Crippen LogP contribution in [0.4, 0.5) is 0 Å². The lowest BCUT2D eigenvalue weighted by molar-refractivity contribution is -0.125. The summed E-state index contributed by atoms with van der Waals surface area (Å²) in [7, 11) is 1.60. The molecule has 0 aliphatic carbocycles. The van der Waals surface area contributed by atoms with Crippen molar-refractivity contribution in [2.75, 3.05) is 13.7 Å². The minimum atomic E-state index is -0.230. The van der Waals surface area contributed by atoms with Gasteiger partial charge in [0.1, 0.15) is 5.75 Å².